The van der Waals surface area contributed by atoms with E-state index in [1.165, 1.54) is 16.4 Å². The molecule has 2 aliphatic heterocycles. The summed E-state index contributed by atoms with van der Waals surface area (Å²) in [5.41, 5.74) is -0.156. The van der Waals surface area contributed by atoms with Crippen molar-refractivity contribution in [3.05, 3.63) is 17.7 Å². The van der Waals surface area contributed by atoms with E-state index in [0.717, 1.165) is 19.3 Å². The van der Waals surface area contributed by atoms with Gasteiger partial charge in [-0.25, -0.2) is 4.79 Å². The molecule has 2 N–H and O–H groups in total. The predicted molar refractivity (Wildman–Crippen MR) is 89.4 cm³/mol. The van der Waals surface area contributed by atoms with Gasteiger partial charge in [0.2, 0.25) is 0 Å². The quantitative estimate of drug-likeness (QED) is 0.838. The molecule has 0 spiro atoms. The van der Waals surface area contributed by atoms with Crippen molar-refractivity contribution >= 4 is 21.9 Å². The zero-order chi connectivity index (χ0) is 17.6. The van der Waals surface area contributed by atoms with Gasteiger partial charge in [-0.3, -0.25) is 4.72 Å². The third-order valence-electron chi connectivity index (χ3n) is 5.02. The maximum absolute atomic E-state index is 12.8. The number of fused-ring (bicyclic) bond motifs is 3. The topological polar surface area (TPSA) is 105 Å². The number of carbonyl (C=O) groups is 1. The lowest BCUT2D eigenvalue weighted by Gasteiger charge is -2.27. The third-order valence-corrected chi connectivity index (χ3v) is 6.57. The van der Waals surface area contributed by atoms with E-state index in [1.54, 1.807) is 0 Å². The van der Waals surface area contributed by atoms with Crippen molar-refractivity contribution in [2.24, 2.45) is 5.92 Å². The number of hydrogen-bond acceptors (Lipinski definition) is 5. The molecule has 0 unspecified atom stereocenters. The maximum atomic E-state index is 12.8. The fourth-order valence-corrected chi connectivity index (χ4v) is 5.40. The molecule has 9 heteroatoms. The Labute approximate surface area is 145 Å². The molecule has 1 saturated carbocycles. The smallest absolute Gasteiger partial charge is 0.337 e. The first-order valence-electron chi connectivity index (χ1n) is 8.40. The lowest BCUT2D eigenvalue weighted by atomic mass is 10.1. The predicted octanol–water partition coefficient (Wildman–Crippen LogP) is 1.69. The summed E-state index contributed by atoms with van der Waals surface area (Å²) in [6.07, 6.45) is 3.47. The number of carboxylic acids is 1. The molecule has 1 saturated heterocycles. The Hall–Kier alpha value is -2.00. The van der Waals surface area contributed by atoms with Crippen LogP contribution in [0.2, 0.25) is 0 Å². The number of piperidine rings is 1. The number of hydrogen-bond donors (Lipinski definition) is 2. The van der Waals surface area contributed by atoms with Crippen LogP contribution in [0.5, 0.6) is 11.5 Å². The van der Waals surface area contributed by atoms with Crippen molar-refractivity contribution in [3.8, 4) is 11.5 Å². The van der Waals surface area contributed by atoms with Crippen LogP contribution in [0.1, 0.15) is 36.0 Å². The van der Waals surface area contributed by atoms with Gasteiger partial charge in [0.1, 0.15) is 0 Å². The van der Waals surface area contributed by atoms with Gasteiger partial charge in [-0.15, -0.1) is 0 Å². The number of ether oxygens (including phenoxy) is 2. The first-order chi connectivity index (χ1) is 11.9. The molecule has 1 aromatic carbocycles. The van der Waals surface area contributed by atoms with Gasteiger partial charge in [0.25, 0.3) is 0 Å². The Balaban J connectivity index is 1.67. The zero-order valence-electron chi connectivity index (χ0n) is 13.6. The minimum atomic E-state index is -3.81. The lowest BCUT2D eigenvalue weighted by molar-refractivity contribution is 0.0697. The minimum Gasteiger partial charge on any atom is -0.490 e. The van der Waals surface area contributed by atoms with Gasteiger partial charge in [0.05, 0.1) is 24.5 Å². The first-order valence-corrected chi connectivity index (χ1v) is 9.84. The summed E-state index contributed by atoms with van der Waals surface area (Å²) in [6.45, 7) is 1.35. The van der Waals surface area contributed by atoms with Crippen molar-refractivity contribution < 1.29 is 27.8 Å². The molecule has 3 aliphatic rings. The molecule has 2 fully saturated rings. The van der Waals surface area contributed by atoms with Crippen LogP contribution in [0.3, 0.4) is 0 Å². The molecular weight excluding hydrogens is 348 g/mol. The van der Waals surface area contributed by atoms with E-state index >= 15 is 0 Å². The largest absolute Gasteiger partial charge is 0.490 e. The Kier molecular flexibility index (Phi) is 3.99. The van der Waals surface area contributed by atoms with Crippen LogP contribution in [0.15, 0.2) is 12.1 Å². The normalized spacial score (nSPS) is 25.6. The molecule has 2 atom stereocenters. The number of anilines is 1. The number of nitrogens with one attached hydrogen (secondary N) is 1. The Morgan fingerprint density at radius 1 is 1.20 bits per heavy atom. The van der Waals surface area contributed by atoms with Crippen LogP contribution >= 0.6 is 0 Å². The van der Waals surface area contributed by atoms with E-state index < -0.39 is 16.2 Å². The fraction of sp³-hybridized carbons (Fsp3) is 0.562. The van der Waals surface area contributed by atoms with Crippen molar-refractivity contribution in [2.45, 2.75) is 31.7 Å². The average Bonchev–Trinajstić information content (AvgIpc) is 3.12. The summed E-state index contributed by atoms with van der Waals surface area (Å²) in [5.74, 6) is -0.151. The Morgan fingerprint density at radius 2 is 1.92 bits per heavy atom. The van der Waals surface area contributed by atoms with Crippen LogP contribution in [0, 0.1) is 5.92 Å². The molecule has 2 bridgehead atoms. The standard InChI is InChI=1S/C16H20N2O6S/c19-16(20)12-7-14-15(24-5-1-4-23-14)8-13(12)17-25(21,22)18-9-10-2-3-11(18)6-10/h7-8,10-11,17H,1-6,9H2,(H,19,20)/t10-,11-/m0/s1. The summed E-state index contributed by atoms with van der Waals surface area (Å²) < 4.78 is 40.4. The summed E-state index contributed by atoms with van der Waals surface area (Å²) in [7, 11) is -3.81. The van der Waals surface area contributed by atoms with Gasteiger partial charge in [-0.1, -0.05) is 0 Å². The number of aromatic carboxylic acids is 1. The second-order valence-electron chi connectivity index (χ2n) is 6.71. The monoisotopic (exact) mass is 368 g/mol. The van der Waals surface area contributed by atoms with E-state index in [1.807, 2.05) is 0 Å². The molecule has 1 aromatic rings. The molecule has 25 heavy (non-hydrogen) atoms. The SMILES string of the molecule is O=C(O)c1cc2c(cc1NS(=O)(=O)N1C[C@H]3CC[C@H]1C3)OCCCO2. The zero-order valence-corrected chi connectivity index (χ0v) is 14.4. The van der Waals surface area contributed by atoms with E-state index in [9.17, 15) is 18.3 Å². The lowest BCUT2D eigenvalue weighted by Crippen LogP contribution is -2.41. The second kappa shape index (κ2) is 6.06. The van der Waals surface area contributed by atoms with Crippen molar-refractivity contribution in [1.29, 1.82) is 0 Å². The van der Waals surface area contributed by atoms with Crippen molar-refractivity contribution in [2.75, 3.05) is 24.5 Å². The second-order valence-corrected chi connectivity index (χ2v) is 8.33. The summed E-state index contributed by atoms with van der Waals surface area (Å²) in [6, 6.07) is 2.73. The number of benzene rings is 1. The summed E-state index contributed by atoms with van der Waals surface area (Å²) >= 11 is 0. The van der Waals surface area contributed by atoms with Crippen molar-refractivity contribution in [1.82, 2.24) is 4.31 Å². The van der Waals surface area contributed by atoms with Crippen LogP contribution in [0.25, 0.3) is 0 Å². The number of rotatable bonds is 4. The highest BCUT2D eigenvalue weighted by atomic mass is 32.2. The number of nitrogens with zero attached hydrogens (tertiary/aromatic N) is 1. The highest BCUT2D eigenvalue weighted by Gasteiger charge is 2.44. The maximum Gasteiger partial charge on any atom is 0.337 e. The van der Waals surface area contributed by atoms with Crippen LogP contribution < -0.4 is 14.2 Å². The molecule has 136 valence electrons. The highest BCUT2D eigenvalue weighted by Crippen LogP contribution is 2.40. The van der Waals surface area contributed by atoms with Crippen molar-refractivity contribution in [3.63, 3.8) is 0 Å². The molecule has 0 radical (unpaired) electrons. The Morgan fingerprint density at radius 3 is 2.52 bits per heavy atom. The molecule has 1 aliphatic carbocycles. The molecular formula is C16H20N2O6S. The minimum absolute atomic E-state index is 0.000441. The van der Waals surface area contributed by atoms with E-state index in [-0.39, 0.29) is 17.3 Å². The van der Waals surface area contributed by atoms with E-state index in [2.05, 4.69) is 4.72 Å². The summed E-state index contributed by atoms with van der Waals surface area (Å²) in [5, 5.41) is 9.46. The van der Waals surface area contributed by atoms with Gasteiger partial charge in [-0.05, 0) is 25.2 Å². The number of carboxylic acid groups (broad SMARTS) is 1. The van der Waals surface area contributed by atoms with E-state index in [4.69, 9.17) is 9.47 Å². The van der Waals surface area contributed by atoms with Gasteiger partial charge >= 0.3 is 16.2 Å². The Bertz CT molecular complexity index is 809. The first kappa shape index (κ1) is 16.5. The van der Waals surface area contributed by atoms with Crippen LogP contribution in [-0.2, 0) is 10.2 Å². The molecule has 4 rings (SSSR count). The van der Waals surface area contributed by atoms with Gasteiger partial charge < -0.3 is 14.6 Å². The van der Waals surface area contributed by atoms with Gasteiger partial charge in [0, 0.05) is 31.1 Å². The van der Waals surface area contributed by atoms with Crippen LogP contribution in [-0.4, -0.2) is 49.6 Å². The third kappa shape index (κ3) is 3.02. The molecule has 8 nitrogen and oxygen atoms in total. The molecule has 0 amide bonds. The summed E-state index contributed by atoms with van der Waals surface area (Å²) in [4.78, 5) is 11.6. The highest BCUT2D eigenvalue weighted by molar-refractivity contribution is 7.90. The molecule has 2 heterocycles. The van der Waals surface area contributed by atoms with Crippen LogP contribution in [0.4, 0.5) is 5.69 Å². The molecule has 0 aromatic heterocycles. The van der Waals surface area contributed by atoms with Gasteiger partial charge in [-0.2, -0.15) is 12.7 Å². The van der Waals surface area contributed by atoms with Gasteiger partial charge in [0.15, 0.2) is 11.5 Å². The van der Waals surface area contributed by atoms with E-state index in [0.29, 0.717) is 43.6 Å². The average molecular weight is 368 g/mol. The fourth-order valence-electron chi connectivity index (χ4n) is 3.84.